The molecule has 20 heavy (non-hydrogen) atoms. The minimum atomic E-state index is 0.143. The summed E-state index contributed by atoms with van der Waals surface area (Å²) < 4.78 is 0. The SMILES string of the molecule is CC1=CC(c2ccccc2)=C(C)S[S+]1c1ccccc1. The number of hydrogen-bond acceptors (Lipinski definition) is 1. The van der Waals surface area contributed by atoms with Crippen molar-refractivity contribution in [1.29, 1.82) is 0 Å². The van der Waals surface area contributed by atoms with Gasteiger partial charge in [0.25, 0.3) is 0 Å². The Morgan fingerprint density at radius 2 is 1.40 bits per heavy atom. The van der Waals surface area contributed by atoms with Crippen molar-refractivity contribution in [2.24, 2.45) is 0 Å². The van der Waals surface area contributed by atoms with E-state index in [4.69, 9.17) is 0 Å². The van der Waals surface area contributed by atoms with E-state index in [1.54, 1.807) is 0 Å². The molecule has 1 aliphatic rings. The van der Waals surface area contributed by atoms with Crippen molar-refractivity contribution in [3.63, 3.8) is 0 Å². The lowest BCUT2D eigenvalue weighted by Gasteiger charge is -2.15. The first kappa shape index (κ1) is 13.6. The number of hydrogen-bond donors (Lipinski definition) is 0. The van der Waals surface area contributed by atoms with E-state index < -0.39 is 0 Å². The van der Waals surface area contributed by atoms with E-state index in [1.807, 2.05) is 10.8 Å². The minimum absolute atomic E-state index is 0.143. The molecule has 0 fully saturated rings. The smallest absolute Gasteiger partial charge is 0.0622 e. The molecule has 100 valence electrons. The summed E-state index contributed by atoms with van der Waals surface area (Å²) >= 11 is 0. The molecule has 0 aliphatic carbocycles. The van der Waals surface area contributed by atoms with Crippen molar-refractivity contribution in [3.8, 4) is 0 Å². The van der Waals surface area contributed by atoms with Crippen LogP contribution in [0.4, 0.5) is 0 Å². The molecule has 0 saturated carbocycles. The second-order valence-electron chi connectivity index (χ2n) is 4.76. The van der Waals surface area contributed by atoms with Crippen LogP contribution in [0.1, 0.15) is 19.4 Å². The molecule has 1 unspecified atom stereocenters. The molecule has 1 atom stereocenters. The van der Waals surface area contributed by atoms with E-state index in [0.29, 0.717) is 0 Å². The van der Waals surface area contributed by atoms with Crippen molar-refractivity contribution >= 4 is 26.3 Å². The van der Waals surface area contributed by atoms with Crippen LogP contribution in [-0.4, -0.2) is 0 Å². The van der Waals surface area contributed by atoms with Gasteiger partial charge in [-0.1, -0.05) is 48.5 Å². The Morgan fingerprint density at radius 1 is 0.800 bits per heavy atom. The van der Waals surface area contributed by atoms with Gasteiger partial charge in [-0.3, -0.25) is 0 Å². The Bertz CT molecular complexity index is 654. The highest BCUT2D eigenvalue weighted by Gasteiger charge is 2.32. The Hall–Kier alpha value is -1.38. The van der Waals surface area contributed by atoms with Crippen LogP contribution < -0.4 is 0 Å². The standard InChI is InChI=1S/C18H17S2/c1-14-13-18(16-9-5-3-6-10-16)15(2)19-20(14)17-11-7-4-8-12-17/h3-13H,1-2H3/q+1. The Balaban J connectivity index is 1.96. The van der Waals surface area contributed by atoms with Gasteiger partial charge in [0.1, 0.15) is 25.6 Å². The van der Waals surface area contributed by atoms with E-state index >= 15 is 0 Å². The summed E-state index contributed by atoms with van der Waals surface area (Å²) in [7, 11) is 2.13. The van der Waals surface area contributed by atoms with Crippen LogP contribution in [0.2, 0.25) is 0 Å². The molecule has 2 aromatic carbocycles. The molecule has 3 rings (SSSR count). The van der Waals surface area contributed by atoms with E-state index in [9.17, 15) is 0 Å². The number of allylic oxidation sites excluding steroid dienone is 4. The molecule has 0 saturated heterocycles. The highest BCUT2D eigenvalue weighted by Crippen LogP contribution is 2.45. The Kier molecular flexibility index (Phi) is 4.04. The third-order valence-electron chi connectivity index (χ3n) is 3.27. The van der Waals surface area contributed by atoms with Gasteiger partial charge in [0, 0.05) is 17.4 Å². The maximum absolute atomic E-state index is 2.36. The summed E-state index contributed by atoms with van der Waals surface area (Å²) in [6.45, 7) is 4.48. The molecule has 1 heterocycles. The first-order valence-electron chi connectivity index (χ1n) is 6.68. The van der Waals surface area contributed by atoms with Crippen LogP contribution in [0.15, 0.2) is 81.4 Å². The first-order valence-corrected chi connectivity index (χ1v) is 9.24. The molecule has 0 N–H and O–H groups in total. The number of rotatable bonds is 2. The molecule has 0 nitrogen and oxygen atoms in total. The van der Waals surface area contributed by atoms with Crippen LogP contribution in [0.25, 0.3) is 5.57 Å². The molecule has 0 amide bonds. The molecular formula is C18H17S2+. The van der Waals surface area contributed by atoms with Gasteiger partial charge in [-0.2, -0.15) is 0 Å². The molecule has 0 radical (unpaired) electrons. The summed E-state index contributed by atoms with van der Waals surface area (Å²) in [4.78, 5) is 4.28. The second-order valence-corrected chi connectivity index (χ2v) is 8.69. The summed E-state index contributed by atoms with van der Waals surface area (Å²) in [5.74, 6) is 0. The van der Waals surface area contributed by atoms with Gasteiger partial charge in [-0.25, -0.2) is 0 Å². The largest absolute Gasteiger partial charge is 0.173 e. The summed E-state index contributed by atoms with van der Waals surface area (Å²) in [5.41, 5.74) is 2.68. The molecule has 0 bridgehead atoms. The third-order valence-corrected chi connectivity index (χ3v) is 7.93. The summed E-state index contributed by atoms with van der Waals surface area (Å²) in [6.07, 6.45) is 2.36. The lowest BCUT2D eigenvalue weighted by atomic mass is 10.1. The summed E-state index contributed by atoms with van der Waals surface area (Å²) in [6, 6.07) is 21.5. The predicted octanol–water partition coefficient (Wildman–Crippen LogP) is 5.66. The molecular weight excluding hydrogens is 280 g/mol. The molecule has 1 aliphatic heterocycles. The van der Waals surface area contributed by atoms with Gasteiger partial charge >= 0.3 is 0 Å². The quantitative estimate of drug-likeness (QED) is 0.509. The van der Waals surface area contributed by atoms with Crippen molar-refractivity contribution in [2.75, 3.05) is 0 Å². The van der Waals surface area contributed by atoms with Gasteiger partial charge in [-0.05, 0) is 30.7 Å². The van der Waals surface area contributed by atoms with Crippen molar-refractivity contribution in [3.05, 3.63) is 82.1 Å². The van der Waals surface area contributed by atoms with Crippen LogP contribution in [0.3, 0.4) is 0 Å². The van der Waals surface area contributed by atoms with Gasteiger partial charge < -0.3 is 0 Å². The van der Waals surface area contributed by atoms with Crippen LogP contribution in [0, 0.1) is 0 Å². The average Bonchev–Trinajstić information content (AvgIpc) is 2.51. The molecule has 0 spiro atoms. The molecule has 2 aromatic rings. The lowest BCUT2D eigenvalue weighted by Crippen LogP contribution is -2.04. The Morgan fingerprint density at radius 3 is 2.05 bits per heavy atom. The normalized spacial score (nSPS) is 18.9. The topological polar surface area (TPSA) is 0 Å². The highest BCUT2D eigenvalue weighted by molar-refractivity contribution is 8.77. The fourth-order valence-corrected chi connectivity index (χ4v) is 6.20. The maximum Gasteiger partial charge on any atom is 0.173 e. The van der Waals surface area contributed by atoms with E-state index in [2.05, 4.69) is 80.6 Å². The highest BCUT2D eigenvalue weighted by atomic mass is 33.1. The van der Waals surface area contributed by atoms with Crippen LogP contribution >= 0.6 is 10.8 Å². The van der Waals surface area contributed by atoms with Gasteiger partial charge in [0.2, 0.25) is 0 Å². The zero-order valence-electron chi connectivity index (χ0n) is 11.7. The van der Waals surface area contributed by atoms with E-state index in [1.165, 1.54) is 25.8 Å². The van der Waals surface area contributed by atoms with Crippen molar-refractivity contribution in [1.82, 2.24) is 0 Å². The van der Waals surface area contributed by atoms with Gasteiger partial charge in [0.15, 0.2) is 4.90 Å². The maximum atomic E-state index is 2.36. The molecule has 0 aromatic heterocycles. The van der Waals surface area contributed by atoms with Crippen LogP contribution in [-0.2, 0) is 9.93 Å². The average molecular weight is 297 g/mol. The fraction of sp³-hybridized carbons (Fsp3) is 0.111. The monoisotopic (exact) mass is 297 g/mol. The van der Waals surface area contributed by atoms with E-state index in [0.717, 1.165) is 0 Å². The fourth-order valence-electron chi connectivity index (χ4n) is 2.28. The van der Waals surface area contributed by atoms with Crippen molar-refractivity contribution in [2.45, 2.75) is 18.7 Å². The lowest BCUT2D eigenvalue weighted by molar-refractivity contribution is 1.45. The summed E-state index contributed by atoms with van der Waals surface area (Å²) in [5, 5.41) is 0. The Labute approximate surface area is 127 Å². The van der Waals surface area contributed by atoms with Gasteiger partial charge in [0.05, 0.1) is 0 Å². The third kappa shape index (κ3) is 2.72. The van der Waals surface area contributed by atoms with E-state index in [-0.39, 0.29) is 9.93 Å². The van der Waals surface area contributed by atoms with Crippen molar-refractivity contribution < 1.29 is 0 Å². The van der Waals surface area contributed by atoms with Crippen LogP contribution in [0.5, 0.6) is 0 Å². The minimum Gasteiger partial charge on any atom is -0.0622 e. The zero-order chi connectivity index (χ0) is 13.9. The zero-order valence-corrected chi connectivity index (χ0v) is 13.3. The van der Waals surface area contributed by atoms with Gasteiger partial charge in [-0.15, -0.1) is 0 Å². The number of benzene rings is 2. The predicted molar refractivity (Wildman–Crippen MR) is 92.5 cm³/mol. The second kappa shape index (κ2) is 5.94. The molecule has 2 heteroatoms. The first-order chi connectivity index (χ1) is 9.75.